The number of benzene rings is 1. The Bertz CT molecular complexity index is 552. The molecule has 0 amide bonds. The van der Waals surface area contributed by atoms with E-state index in [1.165, 1.54) is 16.8 Å². The summed E-state index contributed by atoms with van der Waals surface area (Å²) >= 11 is 2.05. The van der Waals surface area contributed by atoms with Crippen LogP contribution in [0.2, 0.25) is 0 Å². The van der Waals surface area contributed by atoms with E-state index < -0.39 is 4.92 Å². The Balaban J connectivity index is 2.52. The van der Waals surface area contributed by atoms with Gasteiger partial charge in [-0.2, -0.15) is 5.10 Å². The fraction of sp³-hybridized carbons (Fsp3) is 0. The Labute approximate surface area is 104 Å². The normalized spacial score (nSPS) is 10.3. The lowest BCUT2D eigenvalue weighted by Crippen LogP contribution is -2.02. The zero-order chi connectivity index (χ0) is 11.7. The molecule has 0 aliphatic heterocycles. The van der Waals surface area contributed by atoms with E-state index in [1.807, 2.05) is 0 Å². The van der Waals surface area contributed by atoms with Crippen molar-refractivity contribution in [3.63, 3.8) is 0 Å². The summed E-state index contributed by atoms with van der Waals surface area (Å²) in [4.78, 5) is 10.2. The summed E-state index contributed by atoms with van der Waals surface area (Å²) in [5.74, 6) is 0.473. The molecule has 2 N–H and O–H groups in total. The predicted molar refractivity (Wildman–Crippen MR) is 67.3 cm³/mol. The van der Waals surface area contributed by atoms with Gasteiger partial charge < -0.3 is 5.73 Å². The molecule has 1 aromatic heterocycles. The molecule has 1 heterocycles. The van der Waals surface area contributed by atoms with Crippen molar-refractivity contribution in [1.29, 1.82) is 0 Å². The van der Waals surface area contributed by atoms with Crippen LogP contribution >= 0.6 is 22.6 Å². The Hall–Kier alpha value is -1.64. The minimum atomic E-state index is -0.450. The lowest BCUT2D eigenvalue weighted by atomic mass is 10.3. The molecule has 0 aliphatic carbocycles. The monoisotopic (exact) mass is 330 g/mol. The maximum absolute atomic E-state index is 10.6. The fourth-order valence-corrected chi connectivity index (χ4v) is 1.64. The van der Waals surface area contributed by atoms with Crippen LogP contribution in [0.4, 0.5) is 11.5 Å². The van der Waals surface area contributed by atoms with Crippen LogP contribution < -0.4 is 5.73 Å². The van der Waals surface area contributed by atoms with Crippen LogP contribution in [0, 0.1) is 13.7 Å². The molecule has 1 aromatic carbocycles. The van der Waals surface area contributed by atoms with E-state index in [0.29, 0.717) is 11.5 Å². The molecular formula is C9H7IN4O2. The smallest absolute Gasteiger partial charge is 0.271 e. The van der Waals surface area contributed by atoms with E-state index in [1.54, 1.807) is 18.3 Å². The molecule has 7 heteroatoms. The van der Waals surface area contributed by atoms with Gasteiger partial charge in [-0.25, -0.2) is 4.68 Å². The second kappa shape index (κ2) is 4.08. The molecule has 2 rings (SSSR count). The van der Waals surface area contributed by atoms with E-state index in [-0.39, 0.29) is 5.69 Å². The Morgan fingerprint density at radius 1 is 1.50 bits per heavy atom. The molecule has 0 aliphatic rings. The number of nitro groups is 1. The minimum absolute atomic E-state index is 0.0161. The second-order valence-electron chi connectivity index (χ2n) is 3.07. The topological polar surface area (TPSA) is 87.0 Å². The highest BCUT2D eigenvalue weighted by molar-refractivity contribution is 14.1. The highest BCUT2D eigenvalue weighted by Crippen LogP contribution is 2.21. The molecule has 0 saturated heterocycles. The molecule has 0 unspecified atom stereocenters. The standard InChI is InChI=1S/C9H7IN4O2/c10-8-5-12-13(9(8)11)6-2-1-3-7(4-6)14(15)16/h1-5H,11H2. The highest BCUT2D eigenvalue weighted by atomic mass is 127. The molecule has 0 atom stereocenters. The van der Waals surface area contributed by atoms with Gasteiger partial charge in [-0.3, -0.25) is 10.1 Å². The van der Waals surface area contributed by atoms with Crippen molar-refractivity contribution in [1.82, 2.24) is 9.78 Å². The van der Waals surface area contributed by atoms with Crippen LogP contribution in [0.25, 0.3) is 5.69 Å². The third-order valence-electron chi connectivity index (χ3n) is 2.04. The maximum Gasteiger partial charge on any atom is 0.271 e. The number of hydrogen-bond acceptors (Lipinski definition) is 4. The van der Waals surface area contributed by atoms with Crippen molar-refractivity contribution in [2.45, 2.75) is 0 Å². The van der Waals surface area contributed by atoms with Gasteiger partial charge in [0, 0.05) is 12.1 Å². The second-order valence-corrected chi connectivity index (χ2v) is 4.23. The van der Waals surface area contributed by atoms with E-state index in [4.69, 9.17) is 5.73 Å². The Morgan fingerprint density at radius 3 is 2.81 bits per heavy atom. The number of nitrogen functional groups attached to an aromatic ring is 1. The van der Waals surface area contributed by atoms with Gasteiger partial charge in [-0.1, -0.05) is 6.07 Å². The summed E-state index contributed by atoms with van der Waals surface area (Å²) in [5, 5.41) is 14.7. The predicted octanol–water partition coefficient (Wildman–Crippen LogP) is 1.97. The first-order valence-electron chi connectivity index (χ1n) is 4.33. The molecule has 2 aromatic rings. The van der Waals surface area contributed by atoms with E-state index in [0.717, 1.165) is 3.57 Å². The lowest BCUT2D eigenvalue weighted by molar-refractivity contribution is -0.384. The van der Waals surface area contributed by atoms with Gasteiger partial charge in [0.25, 0.3) is 5.69 Å². The maximum atomic E-state index is 10.6. The number of nitrogens with two attached hydrogens (primary N) is 1. The molecule has 0 radical (unpaired) electrons. The molecule has 0 spiro atoms. The van der Waals surface area contributed by atoms with Crippen molar-refractivity contribution in [2.24, 2.45) is 0 Å². The van der Waals surface area contributed by atoms with Crippen molar-refractivity contribution in [2.75, 3.05) is 5.73 Å². The number of hydrogen-bond donors (Lipinski definition) is 1. The first-order valence-corrected chi connectivity index (χ1v) is 5.41. The van der Waals surface area contributed by atoms with Gasteiger partial charge in [-0.15, -0.1) is 0 Å². The molecule has 0 fully saturated rings. The van der Waals surface area contributed by atoms with E-state index >= 15 is 0 Å². The van der Waals surface area contributed by atoms with Gasteiger partial charge in [0.1, 0.15) is 5.82 Å². The number of nitro benzene ring substituents is 1. The van der Waals surface area contributed by atoms with Crippen molar-refractivity contribution >= 4 is 34.1 Å². The van der Waals surface area contributed by atoms with Gasteiger partial charge in [-0.05, 0) is 28.7 Å². The molecular weight excluding hydrogens is 323 g/mol. The minimum Gasteiger partial charge on any atom is -0.383 e. The van der Waals surface area contributed by atoms with E-state index in [2.05, 4.69) is 27.7 Å². The number of anilines is 1. The zero-order valence-corrected chi connectivity index (χ0v) is 10.2. The number of non-ortho nitro benzene ring substituents is 1. The van der Waals surface area contributed by atoms with Crippen LogP contribution in [-0.2, 0) is 0 Å². The summed E-state index contributed by atoms with van der Waals surface area (Å²) in [7, 11) is 0. The third kappa shape index (κ3) is 1.85. The SMILES string of the molecule is Nc1c(I)cnn1-c1cccc([N+](=O)[O-])c1. The van der Waals surface area contributed by atoms with Crippen molar-refractivity contribution in [3.8, 4) is 5.69 Å². The van der Waals surface area contributed by atoms with Crippen LogP contribution in [0.1, 0.15) is 0 Å². The highest BCUT2D eigenvalue weighted by Gasteiger charge is 2.10. The summed E-state index contributed by atoms with van der Waals surface area (Å²) in [6, 6.07) is 6.17. The van der Waals surface area contributed by atoms with Crippen LogP contribution in [0.3, 0.4) is 0 Å². The number of rotatable bonds is 2. The first-order chi connectivity index (χ1) is 7.59. The van der Waals surface area contributed by atoms with Crippen molar-refractivity contribution < 1.29 is 4.92 Å². The van der Waals surface area contributed by atoms with Crippen LogP contribution in [0.15, 0.2) is 30.5 Å². The molecule has 6 nitrogen and oxygen atoms in total. The van der Waals surface area contributed by atoms with Crippen LogP contribution in [-0.4, -0.2) is 14.7 Å². The van der Waals surface area contributed by atoms with Gasteiger partial charge in [0.2, 0.25) is 0 Å². The average molecular weight is 330 g/mol. The largest absolute Gasteiger partial charge is 0.383 e. The Kier molecular flexibility index (Phi) is 2.77. The van der Waals surface area contributed by atoms with Gasteiger partial charge in [0.05, 0.1) is 20.4 Å². The van der Waals surface area contributed by atoms with Gasteiger partial charge in [0.15, 0.2) is 0 Å². The molecule has 0 bridgehead atoms. The number of halogens is 1. The number of aromatic nitrogens is 2. The lowest BCUT2D eigenvalue weighted by Gasteiger charge is -2.03. The summed E-state index contributed by atoms with van der Waals surface area (Å²) in [6.45, 7) is 0. The fourth-order valence-electron chi connectivity index (χ4n) is 1.28. The quantitative estimate of drug-likeness (QED) is 0.518. The number of nitrogens with zero attached hydrogens (tertiary/aromatic N) is 3. The van der Waals surface area contributed by atoms with Crippen molar-refractivity contribution in [3.05, 3.63) is 44.1 Å². The molecule has 16 heavy (non-hydrogen) atoms. The van der Waals surface area contributed by atoms with Crippen LogP contribution in [0.5, 0.6) is 0 Å². The molecule has 82 valence electrons. The Morgan fingerprint density at radius 2 is 2.25 bits per heavy atom. The third-order valence-corrected chi connectivity index (χ3v) is 2.88. The van der Waals surface area contributed by atoms with E-state index in [9.17, 15) is 10.1 Å². The summed E-state index contributed by atoms with van der Waals surface area (Å²) in [6.07, 6.45) is 1.61. The van der Waals surface area contributed by atoms with Gasteiger partial charge >= 0.3 is 0 Å². The first kappa shape index (κ1) is 10.9. The zero-order valence-electron chi connectivity index (χ0n) is 8.00. The summed E-state index contributed by atoms with van der Waals surface area (Å²) < 4.78 is 2.28. The summed E-state index contributed by atoms with van der Waals surface area (Å²) in [5.41, 5.74) is 6.38. The average Bonchev–Trinajstić information content (AvgIpc) is 2.60. The molecule has 0 saturated carbocycles.